The minimum Gasteiger partial charge on any atom is -0.383 e. The largest absolute Gasteiger partial charge is 0.383 e. The van der Waals surface area contributed by atoms with Crippen LogP contribution in [0.4, 0.5) is 17.3 Å². The molecule has 3 rings (SSSR count). The van der Waals surface area contributed by atoms with Gasteiger partial charge < -0.3 is 15.1 Å². The molecule has 10 nitrogen and oxygen atoms in total. The number of nitriles is 1. The summed E-state index contributed by atoms with van der Waals surface area (Å²) in [6, 6.07) is 7.73. The second-order valence-corrected chi connectivity index (χ2v) is 6.19. The second kappa shape index (κ2) is 8.77. The lowest BCUT2D eigenvalue weighted by Gasteiger charge is -2.34. The number of nitrogens with zero attached hydrogens (tertiary/aromatic N) is 6. The first-order chi connectivity index (χ1) is 13.6. The molecule has 0 bridgehead atoms. The van der Waals surface area contributed by atoms with Crippen molar-refractivity contribution in [3.8, 4) is 6.07 Å². The maximum absolute atomic E-state index is 12.4. The zero-order valence-electron chi connectivity index (χ0n) is 15.1. The van der Waals surface area contributed by atoms with E-state index >= 15 is 0 Å². The molecule has 28 heavy (non-hydrogen) atoms. The quantitative estimate of drug-likeness (QED) is 0.587. The van der Waals surface area contributed by atoms with Gasteiger partial charge in [-0.25, -0.2) is 9.97 Å². The Bertz CT molecular complexity index is 890. The number of nitro benzene ring substituents is 1. The second-order valence-electron chi connectivity index (χ2n) is 6.19. The van der Waals surface area contributed by atoms with E-state index in [2.05, 4.69) is 15.3 Å². The number of carbonyl (C=O) groups excluding carboxylic acids is 1. The Morgan fingerprint density at radius 2 is 1.96 bits per heavy atom. The minimum atomic E-state index is -0.547. The summed E-state index contributed by atoms with van der Waals surface area (Å²) in [6.07, 6.45) is 3.65. The Morgan fingerprint density at radius 3 is 2.61 bits per heavy atom. The predicted octanol–water partition coefficient (Wildman–Crippen LogP) is 1.41. The number of hydrogen-bond acceptors (Lipinski definition) is 8. The van der Waals surface area contributed by atoms with Crippen LogP contribution in [0.3, 0.4) is 0 Å². The van der Waals surface area contributed by atoms with Crippen LogP contribution in [0.25, 0.3) is 0 Å². The Balaban J connectivity index is 1.48. The van der Waals surface area contributed by atoms with Crippen LogP contribution in [-0.2, 0) is 4.79 Å². The highest BCUT2D eigenvalue weighted by Gasteiger charge is 2.22. The van der Waals surface area contributed by atoms with Crippen LogP contribution in [0.1, 0.15) is 12.0 Å². The molecule has 2 aromatic rings. The van der Waals surface area contributed by atoms with Crippen molar-refractivity contribution in [2.75, 3.05) is 42.9 Å². The van der Waals surface area contributed by atoms with Gasteiger partial charge in [0.2, 0.25) is 11.9 Å². The van der Waals surface area contributed by atoms with E-state index < -0.39 is 4.92 Å². The van der Waals surface area contributed by atoms with Gasteiger partial charge in [-0.3, -0.25) is 14.9 Å². The molecular weight excluding hydrogens is 362 g/mol. The van der Waals surface area contributed by atoms with E-state index in [-0.39, 0.29) is 23.6 Å². The van der Waals surface area contributed by atoms with Gasteiger partial charge in [-0.1, -0.05) is 0 Å². The van der Waals surface area contributed by atoms with Crippen molar-refractivity contribution < 1.29 is 9.72 Å². The van der Waals surface area contributed by atoms with Crippen LogP contribution in [0.2, 0.25) is 0 Å². The van der Waals surface area contributed by atoms with Gasteiger partial charge in [0.1, 0.15) is 6.07 Å². The van der Waals surface area contributed by atoms with Gasteiger partial charge in [0, 0.05) is 63.7 Å². The van der Waals surface area contributed by atoms with E-state index in [0.717, 1.165) is 0 Å². The van der Waals surface area contributed by atoms with Crippen molar-refractivity contribution in [1.82, 2.24) is 14.9 Å². The number of rotatable bonds is 6. The summed E-state index contributed by atoms with van der Waals surface area (Å²) < 4.78 is 0. The zero-order valence-corrected chi connectivity index (χ0v) is 15.1. The lowest BCUT2D eigenvalue weighted by Crippen LogP contribution is -2.49. The van der Waals surface area contributed by atoms with Crippen LogP contribution in [0.5, 0.6) is 0 Å². The first kappa shape index (κ1) is 19.0. The molecule has 1 aromatic heterocycles. The number of nitrogens with one attached hydrogen (secondary N) is 1. The predicted molar refractivity (Wildman–Crippen MR) is 102 cm³/mol. The van der Waals surface area contributed by atoms with Gasteiger partial charge in [0.15, 0.2) is 0 Å². The SMILES string of the molecule is N#Cc1cc([N+](=O)[O-])ccc1NCCC(=O)N1CCN(c2ncccn2)CC1. The molecule has 0 saturated carbocycles. The van der Waals surface area contributed by atoms with E-state index in [9.17, 15) is 14.9 Å². The number of aromatic nitrogens is 2. The number of benzene rings is 1. The molecule has 10 heteroatoms. The maximum Gasteiger partial charge on any atom is 0.270 e. The van der Waals surface area contributed by atoms with Gasteiger partial charge >= 0.3 is 0 Å². The van der Waals surface area contributed by atoms with Crippen LogP contribution in [0.15, 0.2) is 36.7 Å². The standard InChI is InChI=1S/C18H19N7O3/c19-13-14-12-15(25(27)28)2-3-16(14)20-7-4-17(26)23-8-10-24(11-9-23)18-21-5-1-6-22-18/h1-3,5-6,12,20H,4,7-11H2. The monoisotopic (exact) mass is 381 g/mol. The van der Waals surface area contributed by atoms with Gasteiger partial charge in [0.25, 0.3) is 5.69 Å². The van der Waals surface area contributed by atoms with Crippen molar-refractivity contribution in [2.45, 2.75) is 6.42 Å². The normalized spacial score (nSPS) is 13.7. The summed E-state index contributed by atoms with van der Waals surface area (Å²) >= 11 is 0. The zero-order chi connectivity index (χ0) is 19.9. The fourth-order valence-electron chi connectivity index (χ4n) is 2.97. The molecule has 0 spiro atoms. The lowest BCUT2D eigenvalue weighted by molar-refractivity contribution is -0.384. The Labute approximate surface area is 161 Å². The Morgan fingerprint density at radius 1 is 1.25 bits per heavy atom. The van der Waals surface area contributed by atoms with E-state index in [1.54, 1.807) is 23.4 Å². The number of amides is 1. The number of piperazine rings is 1. The van der Waals surface area contributed by atoms with Crippen LogP contribution in [-0.4, -0.2) is 58.4 Å². The summed E-state index contributed by atoms with van der Waals surface area (Å²) in [5, 5.41) is 23.0. The molecule has 1 saturated heterocycles. The number of carbonyl (C=O) groups is 1. The lowest BCUT2D eigenvalue weighted by atomic mass is 10.1. The molecule has 144 valence electrons. The van der Waals surface area contributed by atoms with E-state index in [0.29, 0.717) is 44.4 Å². The van der Waals surface area contributed by atoms with Crippen molar-refractivity contribution in [2.24, 2.45) is 0 Å². The third kappa shape index (κ3) is 4.50. The summed E-state index contributed by atoms with van der Waals surface area (Å²) in [5.41, 5.74) is 0.517. The van der Waals surface area contributed by atoms with Gasteiger partial charge in [-0.05, 0) is 12.1 Å². The Kier molecular flexibility index (Phi) is 5.96. The summed E-state index contributed by atoms with van der Waals surface area (Å²) in [7, 11) is 0. The molecule has 0 unspecified atom stereocenters. The molecule has 1 aromatic carbocycles. The molecular formula is C18H19N7O3. The topological polar surface area (TPSA) is 128 Å². The van der Waals surface area contributed by atoms with Crippen molar-refractivity contribution >= 4 is 23.2 Å². The van der Waals surface area contributed by atoms with E-state index in [1.807, 2.05) is 11.0 Å². The summed E-state index contributed by atoms with van der Waals surface area (Å²) in [5.74, 6) is 0.681. The number of nitro groups is 1. The highest BCUT2D eigenvalue weighted by atomic mass is 16.6. The Hall–Kier alpha value is -3.74. The van der Waals surface area contributed by atoms with Gasteiger partial charge in [-0.2, -0.15) is 5.26 Å². The van der Waals surface area contributed by atoms with E-state index in [4.69, 9.17) is 5.26 Å². The first-order valence-electron chi connectivity index (χ1n) is 8.80. The third-order valence-electron chi connectivity index (χ3n) is 4.46. The van der Waals surface area contributed by atoms with Crippen molar-refractivity contribution in [3.63, 3.8) is 0 Å². The van der Waals surface area contributed by atoms with Crippen LogP contribution >= 0.6 is 0 Å². The van der Waals surface area contributed by atoms with E-state index in [1.165, 1.54) is 18.2 Å². The molecule has 1 N–H and O–H groups in total. The highest BCUT2D eigenvalue weighted by molar-refractivity contribution is 5.77. The third-order valence-corrected chi connectivity index (χ3v) is 4.46. The van der Waals surface area contributed by atoms with Crippen molar-refractivity contribution in [1.29, 1.82) is 5.26 Å². The molecule has 0 radical (unpaired) electrons. The highest BCUT2D eigenvalue weighted by Crippen LogP contribution is 2.21. The first-order valence-corrected chi connectivity index (χ1v) is 8.80. The molecule has 1 amide bonds. The minimum absolute atomic E-state index is 0.0153. The molecule has 1 fully saturated rings. The smallest absolute Gasteiger partial charge is 0.270 e. The average Bonchev–Trinajstić information content (AvgIpc) is 2.74. The van der Waals surface area contributed by atoms with Crippen LogP contribution in [0, 0.1) is 21.4 Å². The van der Waals surface area contributed by atoms with Crippen molar-refractivity contribution in [3.05, 3.63) is 52.3 Å². The molecule has 1 aliphatic heterocycles. The van der Waals surface area contributed by atoms with Gasteiger partial charge in [0.05, 0.1) is 16.2 Å². The number of non-ortho nitro benzene ring substituents is 1. The molecule has 2 heterocycles. The fraction of sp³-hybridized carbons (Fsp3) is 0.333. The molecule has 0 aliphatic carbocycles. The molecule has 0 atom stereocenters. The summed E-state index contributed by atoms with van der Waals surface area (Å²) in [4.78, 5) is 34.9. The molecule has 1 aliphatic rings. The average molecular weight is 381 g/mol. The van der Waals surface area contributed by atoms with Gasteiger partial charge in [-0.15, -0.1) is 0 Å². The number of anilines is 2. The van der Waals surface area contributed by atoms with Crippen LogP contribution < -0.4 is 10.2 Å². The number of hydrogen-bond donors (Lipinski definition) is 1. The summed E-state index contributed by atoms with van der Waals surface area (Å²) in [6.45, 7) is 2.87. The maximum atomic E-state index is 12.4. The fourth-order valence-corrected chi connectivity index (χ4v) is 2.97.